The van der Waals surface area contributed by atoms with Crippen molar-refractivity contribution in [2.75, 3.05) is 26.2 Å². The molecule has 0 aromatic carbocycles. The first-order valence-electron chi connectivity index (χ1n) is 6.90. The van der Waals surface area contributed by atoms with Gasteiger partial charge in [0.15, 0.2) is 0 Å². The summed E-state index contributed by atoms with van der Waals surface area (Å²) in [7, 11) is 0. The molecule has 0 saturated heterocycles. The summed E-state index contributed by atoms with van der Waals surface area (Å²) in [5.41, 5.74) is 6.41. The van der Waals surface area contributed by atoms with E-state index in [0.717, 1.165) is 18.4 Å². The van der Waals surface area contributed by atoms with E-state index in [1.165, 1.54) is 38.9 Å². The average molecular weight is 226 g/mol. The van der Waals surface area contributed by atoms with E-state index < -0.39 is 0 Å². The molecule has 0 radical (unpaired) electrons. The van der Waals surface area contributed by atoms with Crippen LogP contribution in [-0.4, -0.2) is 31.1 Å². The minimum atomic E-state index is 0.462. The number of hydrogen-bond acceptors (Lipinski definition) is 2. The van der Waals surface area contributed by atoms with E-state index in [4.69, 9.17) is 5.73 Å². The van der Waals surface area contributed by atoms with Crippen molar-refractivity contribution in [2.24, 2.45) is 23.0 Å². The molecule has 0 amide bonds. The summed E-state index contributed by atoms with van der Waals surface area (Å²) in [6.45, 7) is 13.8. The summed E-state index contributed by atoms with van der Waals surface area (Å²) in [6.07, 6.45) is 4.07. The van der Waals surface area contributed by atoms with Gasteiger partial charge in [-0.2, -0.15) is 0 Å². The highest BCUT2D eigenvalue weighted by Crippen LogP contribution is 2.40. The summed E-state index contributed by atoms with van der Waals surface area (Å²) in [5, 5.41) is 0. The molecular weight excluding hydrogens is 196 g/mol. The topological polar surface area (TPSA) is 29.3 Å². The van der Waals surface area contributed by atoms with Gasteiger partial charge in [-0.25, -0.2) is 0 Å². The van der Waals surface area contributed by atoms with E-state index in [0.29, 0.717) is 5.41 Å². The lowest BCUT2D eigenvalue weighted by molar-refractivity contribution is 0.0625. The van der Waals surface area contributed by atoms with Gasteiger partial charge in [-0.3, -0.25) is 0 Å². The third-order valence-electron chi connectivity index (χ3n) is 3.65. The summed E-state index contributed by atoms with van der Waals surface area (Å²) >= 11 is 0. The highest BCUT2D eigenvalue weighted by atomic mass is 15.1. The molecule has 0 bridgehead atoms. The molecule has 0 spiro atoms. The van der Waals surface area contributed by atoms with Crippen molar-refractivity contribution in [3.63, 3.8) is 0 Å². The number of hydrogen-bond donors (Lipinski definition) is 1. The van der Waals surface area contributed by atoms with Gasteiger partial charge in [-0.05, 0) is 36.6 Å². The normalized spacial score (nSPS) is 19.5. The van der Waals surface area contributed by atoms with Gasteiger partial charge in [0.2, 0.25) is 0 Å². The zero-order valence-corrected chi connectivity index (χ0v) is 11.6. The molecule has 0 aromatic rings. The summed E-state index contributed by atoms with van der Waals surface area (Å²) in [5.74, 6) is 1.52. The largest absolute Gasteiger partial charge is 0.330 e. The minimum absolute atomic E-state index is 0.462. The molecule has 0 aliphatic heterocycles. The van der Waals surface area contributed by atoms with Crippen LogP contribution in [0.15, 0.2) is 0 Å². The van der Waals surface area contributed by atoms with Crippen LogP contribution < -0.4 is 5.73 Å². The molecule has 1 fully saturated rings. The van der Waals surface area contributed by atoms with Gasteiger partial charge in [-0.15, -0.1) is 0 Å². The molecule has 0 aromatic heterocycles. The quantitative estimate of drug-likeness (QED) is 0.723. The maximum atomic E-state index is 5.95. The standard InChI is InChI=1S/C14H30N2/c1-12(2)8-16(9-13(3)4)11-14(10-15)6-5-7-14/h12-13H,5-11,15H2,1-4H3. The Hall–Kier alpha value is -0.0800. The van der Waals surface area contributed by atoms with E-state index in [2.05, 4.69) is 32.6 Å². The van der Waals surface area contributed by atoms with Crippen molar-refractivity contribution >= 4 is 0 Å². The highest BCUT2D eigenvalue weighted by molar-refractivity contribution is 4.91. The Kier molecular flexibility index (Phi) is 5.26. The summed E-state index contributed by atoms with van der Waals surface area (Å²) in [4.78, 5) is 2.64. The zero-order valence-electron chi connectivity index (χ0n) is 11.6. The lowest BCUT2D eigenvalue weighted by atomic mass is 9.68. The maximum absolute atomic E-state index is 5.95. The Labute approximate surface area is 102 Å². The third-order valence-corrected chi connectivity index (χ3v) is 3.65. The van der Waals surface area contributed by atoms with Gasteiger partial charge >= 0.3 is 0 Å². The Balaban J connectivity index is 2.48. The number of nitrogens with zero attached hydrogens (tertiary/aromatic N) is 1. The molecule has 2 heteroatoms. The predicted molar refractivity (Wildman–Crippen MR) is 71.5 cm³/mol. The van der Waals surface area contributed by atoms with Crippen LogP contribution in [0.2, 0.25) is 0 Å². The Bertz CT molecular complexity index is 179. The van der Waals surface area contributed by atoms with Crippen LogP contribution in [0.3, 0.4) is 0 Å². The predicted octanol–water partition coefficient (Wildman–Crippen LogP) is 2.73. The fraction of sp³-hybridized carbons (Fsp3) is 1.00. The first-order valence-corrected chi connectivity index (χ1v) is 6.90. The van der Waals surface area contributed by atoms with E-state index in [9.17, 15) is 0 Å². The van der Waals surface area contributed by atoms with Gasteiger partial charge in [0.05, 0.1) is 0 Å². The molecule has 0 unspecified atom stereocenters. The van der Waals surface area contributed by atoms with Crippen LogP contribution in [0, 0.1) is 17.3 Å². The molecule has 1 rings (SSSR count). The first-order chi connectivity index (χ1) is 7.47. The Morgan fingerprint density at radius 2 is 1.56 bits per heavy atom. The average Bonchev–Trinajstić information content (AvgIpc) is 2.09. The van der Waals surface area contributed by atoms with Gasteiger partial charge in [-0.1, -0.05) is 34.1 Å². The van der Waals surface area contributed by atoms with Crippen LogP contribution in [0.5, 0.6) is 0 Å². The highest BCUT2D eigenvalue weighted by Gasteiger charge is 2.37. The van der Waals surface area contributed by atoms with Crippen molar-refractivity contribution < 1.29 is 0 Å². The molecular formula is C14H30N2. The monoisotopic (exact) mass is 226 g/mol. The van der Waals surface area contributed by atoms with Crippen molar-refractivity contribution in [3.05, 3.63) is 0 Å². The molecule has 2 N–H and O–H groups in total. The van der Waals surface area contributed by atoms with E-state index in [1.54, 1.807) is 0 Å². The molecule has 2 nitrogen and oxygen atoms in total. The molecule has 1 saturated carbocycles. The summed E-state index contributed by atoms with van der Waals surface area (Å²) in [6, 6.07) is 0. The fourth-order valence-corrected chi connectivity index (χ4v) is 2.81. The molecule has 1 aliphatic carbocycles. The van der Waals surface area contributed by atoms with Crippen LogP contribution in [-0.2, 0) is 0 Å². The van der Waals surface area contributed by atoms with Crippen molar-refractivity contribution in [3.8, 4) is 0 Å². The minimum Gasteiger partial charge on any atom is -0.330 e. The molecule has 96 valence electrons. The molecule has 1 aliphatic rings. The van der Waals surface area contributed by atoms with Gasteiger partial charge in [0, 0.05) is 19.6 Å². The zero-order chi connectivity index (χ0) is 12.2. The third kappa shape index (κ3) is 4.06. The lowest BCUT2D eigenvalue weighted by Crippen LogP contribution is -2.48. The lowest BCUT2D eigenvalue weighted by Gasteiger charge is -2.45. The first kappa shape index (κ1) is 14.0. The van der Waals surface area contributed by atoms with Crippen LogP contribution in [0.1, 0.15) is 47.0 Å². The fourth-order valence-electron chi connectivity index (χ4n) is 2.81. The Morgan fingerprint density at radius 3 is 1.81 bits per heavy atom. The van der Waals surface area contributed by atoms with Crippen LogP contribution in [0.25, 0.3) is 0 Å². The van der Waals surface area contributed by atoms with E-state index in [-0.39, 0.29) is 0 Å². The molecule has 0 atom stereocenters. The number of nitrogens with two attached hydrogens (primary N) is 1. The molecule has 16 heavy (non-hydrogen) atoms. The van der Waals surface area contributed by atoms with Crippen LogP contribution in [0.4, 0.5) is 0 Å². The van der Waals surface area contributed by atoms with Crippen LogP contribution >= 0.6 is 0 Å². The smallest absolute Gasteiger partial charge is 0.00503 e. The van der Waals surface area contributed by atoms with Gasteiger partial charge < -0.3 is 10.6 Å². The van der Waals surface area contributed by atoms with E-state index >= 15 is 0 Å². The van der Waals surface area contributed by atoms with Crippen molar-refractivity contribution in [1.82, 2.24) is 4.90 Å². The number of rotatable bonds is 7. The summed E-state index contributed by atoms with van der Waals surface area (Å²) < 4.78 is 0. The van der Waals surface area contributed by atoms with E-state index in [1.807, 2.05) is 0 Å². The second-order valence-electron chi connectivity index (χ2n) is 6.54. The second kappa shape index (κ2) is 6.02. The second-order valence-corrected chi connectivity index (χ2v) is 6.54. The van der Waals surface area contributed by atoms with Gasteiger partial charge in [0.25, 0.3) is 0 Å². The SMILES string of the molecule is CC(C)CN(CC(C)C)CC1(CN)CCC1. The van der Waals surface area contributed by atoms with Crippen molar-refractivity contribution in [1.29, 1.82) is 0 Å². The Morgan fingerprint density at radius 1 is 1.06 bits per heavy atom. The van der Waals surface area contributed by atoms with Crippen molar-refractivity contribution in [2.45, 2.75) is 47.0 Å². The maximum Gasteiger partial charge on any atom is 0.00503 e. The molecule has 0 heterocycles. The van der Waals surface area contributed by atoms with Gasteiger partial charge in [0.1, 0.15) is 0 Å².